The van der Waals surface area contributed by atoms with Gasteiger partial charge in [0.1, 0.15) is 5.52 Å². The monoisotopic (exact) mass is 302 g/mol. The van der Waals surface area contributed by atoms with Crippen LogP contribution >= 0.6 is 11.6 Å². The van der Waals surface area contributed by atoms with Gasteiger partial charge in [0, 0.05) is 24.0 Å². The lowest BCUT2D eigenvalue weighted by Crippen LogP contribution is -2.22. The molecule has 2 N–H and O–H groups in total. The Bertz CT molecular complexity index is 866. The Kier molecular flexibility index (Phi) is 3.53. The van der Waals surface area contributed by atoms with Crippen molar-refractivity contribution in [2.24, 2.45) is 5.73 Å². The second-order valence-electron chi connectivity index (χ2n) is 4.98. The van der Waals surface area contributed by atoms with Crippen molar-refractivity contribution in [2.45, 2.75) is 20.0 Å². The molecule has 2 aromatic heterocycles. The van der Waals surface area contributed by atoms with E-state index in [0.717, 1.165) is 16.8 Å². The number of halogens is 1. The minimum atomic E-state index is -0.0860. The van der Waals surface area contributed by atoms with Gasteiger partial charge in [-0.3, -0.25) is 4.79 Å². The molecule has 1 aromatic carbocycles. The van der Waals surface area contributed by atoms with E-state index in [4.69, 9.17) is 17.3 Å². The van der Waals surface area contributed by atoms with Crippen LogP contribution in [0.5, 0.6) is 0 Å². The molecule has 0 unspecified atom stereocenters. The maximum Gasteiger partial charge on any atom is 0.276 e. The number of aryl methyl sites for hydroxylation is 1. The van der Waals surface area contributed by atoms with E-state index in [0.29, 0.717) is 23.6 Å². The Morgan fingerprint density at radius 2 is 2.10 bits per heavy atom. The quantitative estimate of drug-likeness (QED) is 0.804. The van der Waals surface area contributed by atoms with Crippen molar-refractivity contribution >= 4 is 17.1 Å². The van der Waals surface area contributed by atoms with Crippen molar-refractivity contribution in [3.8, 4) is 0 Å². The first kappa shape index (κ1) is 13.9. The molecular weight excluding hydrogens is 288 g/mol. The fraction of sp³-hybridized carbons (Fsp3) is 0.200. The van der Waals surface area contributed by atoms with Gasteiger partial charge in [-0.1, -0.05) is 23.7 Å². The summed E-state index contributed by atoms with van der Waals surface area (Å²) >= 11 is 6.24. The normalized spacial score (nSPS) is 11.2. The smallest absolute Gasteiger partial charge is 0.276 e. The highest BCUT2D eigenvalue weighted by molar-refractivity contribution is 6.31. The van der Waals surface area contributed by atoms with Crippen molar-refractivity contribution in [1.29, 1.82) is 0 Å². The number of nitrogens with zero attached hydrogens (tertiary/aromatic N) is 3. The summed E-state index contributed by atoms with van der Waals surface area (Å²) in [5.41, 5.74) is 8.73. The number of rotatable bonds is 3. The second kappa shape index (κ2) is 5.35. The lowest BCUT2D eigenvalue weighted by molar-refractivity contribution is 0.741. The summed E-state index contributed by atoms with van der Waals surface area (Å²) in [5.74, 6) is 0. The van der Waals surface area contributed by atoms with Crippen LogP contribution in [-0.4, -0.2) is 14.2 Å². The van der Waals surface area contributed by atoms with Gasteiger partial charge in [-0.2, -0.15) is 5.10 Å². The molecule has 3 rings (SSSR count). The third kappa shape index (κ3) is 2.57. The zero-order chi connectivity index (χ0) is 15.0. The number of hydrogen-bond donors (Lipinski definition) is 1. The van der Waals surface area contributed by atoms with E-state index >= 15 is 0 Å². The maximum atomic E-state index is 12.4. The molecule has 5 nitrogen and oxygen atoms in total. The van der Waals surface area contributed by atoms with E-state index in [1.54, 1.807) is 27.5 Å². The van der Waals surface area contributed by atoms with Crippen LogP contribution < -0.4 is 11.3 Å². The first-order chi connectivity index (χ1) is 10.1. The highest BCUT2D eigenvalue weighted by Gasteiger charge is 2.08. The lowest BCUT2D eigenvalue weighted by atomic mass is 10.1. The summed E-state index contributed by atoms with van der Waals surface area (Å²) in [7, 11) is 0. The van der Waals surface area contributed by atoms with Gasteiger partial charge in [0.05, 0.1) is 12.2 Å². The highest BCUT2D eigenvalue weighted by atomic mass is 35.5. The van der Waals surface area contributed by atoms with Gasteiger partial charge in [0.15, 0.2) is 0 Å². The lowest BCUT2D eigenvalue weighted by Gasteiger charge is -2.09. The zero-order valence-electron chi connectivity index (χ0n) is 11.6. The highest BCUT2D eigenvalue weighted by Crippen LogP contribution is 2.18. The SMILES string of the molecule is Cc1cc2c(=O)n(Cc3ccc(CN)cc3Cl)ccn2n1. The van der Waals surface area contributed by atoms with Gasteiger partial charge < -0.3 is 10.3 Å². The Labute approximate surface area is 126 Å². The maximum absolute atomic E-state index is 12.4. The van der Waals surface area contributed by atoms with Gasteiger partial charge >= 0.3 is 0 Å². The molecule has 0 atom stereocenters. The van der Waals surface area contributed by atoms with Gasteiger partial charge in [-0.25, -0.2) is 4.52 Å². The zero-order valence-corrected chi connectivity index (χ0v) is 12.3. The molecule has 0 saturated carbocycles. The van der Waals surface area contributed by atoms with Crippen LogP contribution in [0.1, 0.15) is 16.8 Å². The first-order valence-electron chi connectivity index (χ1n) is 6.61. The minimum absolute atomic E-state index is 0.0860. The fourth-order valence-corrected chi connectivity index (χ4v) is 2.57. The molecule has 3 aromatic rings. The minimum Gasteiger partial charge on any atom is -0.326 e. The molecule has 0 bridgehead atoms. The van der Waals surface area contributed by atoms with E-state index in [-0.39, 0.29) is 5.56 Å². The van der Waals surface area contributed by atoms with E-state index in [2.05, 4.69) is 5.10 Å². The largest absolute Gasteiger partial charge is 0.326 e. The van der Waals surface area contributed by atoms with Crippen molar-refractivity contribution in [1.82, 2.24) is 14.2 Å². The van der Waals surface area contributed by atoms with Crippen LogP contribution in [0.3, 0.4) is 0 Å². The van der Waals surface area contributed by atoms with Gasteiger partial charge in [-0.15, -0.1) is 0 Å². The molecule has 0 aliphatic carbocycles. The molecule has 0 spiro atoms. The summed E-state index contributed by atoms with van der Waals surface area (Å²) in [6.07, 6.45) is 3.49. The third-order valence-corrected chi connectivity index (χ3v) is 3.77. The van der Waals surface area contributed by atoms with Crippen LogP contribution in [0.2, 0.25) is 5.02 Å². The molecule has 6 heteroatoms. The molecule has 0 saturated heterocycles. The molecule has 0 radical (unpaired) electrons. The molecule has 108 valence electrons. The molecule has 0 fully saturated rings. The van der Waals surface area contributed by atoms with Gasteiger partial charge in [0.2, 0.25) is 0 Å². The average Bonchev–Trinajstić information content (AvgIpc) is 2.85. The predicted molar refractivity (Wildman–Crippen MR) is 82.6 cm³/mol. The number of benzene rings is 1. The molecule has 0 amide bonds. The first-order valence-corrected chi connectivity index (χ1v) is 6.99. The predicted octanol–water partition coefficient (Wildman–Crippen LogP) is 1.96. The Balaban J connectivity index is 2.02. The van der Waals surface area contributed by atoms with Crippen LogP contribution in [0, 0.1) is 6.92 Å². The number of hydrogen-bond acceptors (Lipinski definition) is 3. The summed E-state index contributed by atoms with van der Waals surface area (Å²) in [6.45, 7) is 2.73. The van der Waals surface area contributed by atoms with E-state index in [9.17, 15) is 4.79 Å². The van der Waals surface area contributed by atoms with Crippen molar-refractivity contribution < 1.29 is 0 Å². The molecule has 0 aliphatic heterocycles. The van der Waals surface area contributed by atoms with Crippen molar-refractivity contribution in [2.75, 3.05) is 0 Å². The molecular formula is C15H15ClN4O. The standard InChI is InChI=1S/C15H15ClN4O/c1-10-6-14-15(21)19(4-5-20(14)18-10)9-12-3-2-11(8-17)7-13(12)16/h2-7H,8-9,17H2,1H3. The summed E-state index contributed by atoms with van der Waals surface area (Å²) in [6, 6.07) is 7.44. The van der Waals surface area contributed by atoms with Crippen LogP contribution in [-0.2, 0) is 13.1 Å². The van der Waals surface area contributed by atoms with E-state index < -0.39 is 0 Å². The fourth-order valence-electron chi connectivity index (χ4n) is 2.30. The Hall–Kier alpha value is -2.11. The number of aromatic nitrogens is 3. The van der Waals surface area contributed by atoms with Crippen LogP contribution in [0.15, 0.2) is 41.5 Å². The van der Waals surface area contributed by atoms with E-state index in [1.165, 1.54) is 0 Å². The summed E-state index contributed by atoms with van der Waals surface area (Å²) in [5, 5.41) is 4.85. The van der Waals surface area contributed by atoms with Crippen molar-refractivity contribution in [3.63, 3.8) is 0 Å². The summed E-state index contributed by atoms with van der Waals surface area (Å²) in [4.78, 5) is 12.4. The molecule has 0 aliphatic rings. The van der Waals surface area contributed by atoms with Crippen LogP contribution in [0.25, 0.3) is 5.52 Å². The Morgan fingerprint density at radius 3 is 2.81 bits per heavy atom. The van der Waals surface area contributed by atoms with Crippen LogP contribution in [0.4, 0.5) is 0 Å². The van der Waals surface area contributed by atoms with E-state index in [1.807, 2.05) is 25.1 Å². The molecule has 2 heterocycles. The van der Waals surface area contributed by atoms with Crippen molar-refractivity contribution in [3.05, 3.63) is 68.9 Å². The third-order valence-electron chi connectivity index (χ3n) is 3.42. The second-order valence-corrected chi connectivity index (χ2v) is 5.38. The van der Waals surface area contributed by atoms with Gasteiger partial charge in [0.25, 0.3) is 5.56 Å². The Morgan fingerprint density at radius 1 is 1.29 bits per heavy atom. The average molecular weight is 303 g/mol. The topological polar surface area (TPSA) is 65.3 Å². The molecule has 21 heavy (non-hydrogen) atoms. The number of nitrogens with two attached hydrogens (primary N) is 1. The van der Waals surface area contributed by atoms with Gasteiger partial charge in [-0.05, 0) is 30.2 Å². The summed E-state index contributed by atoms with van der Waals surface area (Å²) < 4.78 is 3.22. The number of fused-ring (bicyclic) bond motifs is 1.